The van der Waals surface area contributed by atoms with Gasteiger partial charge in [0, 0.05) is 5.56 Å². The highest BCUT2D eigenvalue weighted by Crippen LogP contribution is 2.44. The molecule has 190 valence electrons. The van der Waals surface area contributed by atoms with Crippen molar-refractivity contribution in [3.63, 3.8) is 0 Å². The molecule has 3 heterocycles. The summed E-state index contributed by atoms with van der Waals surface area (Å²) in [7, 11) is 0. The van der Waals surface area contributed by atoms with Crippen LogP contribution in [0.1, 0.15) is 56.3 Å². The standard InChI is InChI=1S/C24H28O11/c1-5-24(3,4)23(28)30-11-14(25)31-17-15-16(32-20(17)27)18-22(33-15)35-21(34-18)13-9-7-8-12(10-13)19(26)29-6-2/h7-10,15-18,21-22H,5-6,11H2,1-4H3. The van der Waals surface area contributed by atoms with E-state index in [2.05, 4.69) is 0 Å². The van der Waals surface area contributed by atoms with Crippen molar-refractivity contribution in [1.82, 2.24) is 0 Å². The molecule has 3 saturated heterocycles. The highest BCUT2D eigenvalue weighted by atomic mass is 16.8. The second-order valence-corrected chi connectivity index (χ2v) is 9.01. The first-order valence-electron chi connectivity index (χ1n) is 11.4. The molecule has 3 aliphatic rings. The Morgan fingerprint density at radius 3 is 2.49 bits per heavy atom. The summed E-state index contributed by atoms with van der Waals surface area (Å²) < 4.78 is 38.1. The zero-order valence-corrected chi connectivity index (χ0v) is 19.9. The summed E-state index contributed by atoms with van der Waals surface area (Å²) in [6.07, 6.45) is -5.09. The molecule has 35 heavy (non-hydrogen) atoms. The fourth-order valence-electron chi connectivity index (χ4n) is 3.85. The van der Waals surface area contributed by atoms with Gasteiger partial charge in [-0.2, -0.15) is 0 Å². The number of fused-ring (bicyclic) bond motifs is 3. The van der Waals surface area contributed by atoms with E-state index < -0.39 is 72.9 Å². The number of benzene rings is 1. The summed E-state index contributed by atoms with van der Waals surface area (Å²) in [6, 6.07) is 6.60. The number of hydrogen-bond acceptors (Lipinski definition) is 11. The van der Waals surface area contributed by atoms with Gasteiger partial charge in [-0.3, -0.25) is 4.79 Å². The largest absolute Gasteiger partial charge is 0.462 e. The Kier molecular flexibility index (Phi) is 7.11. The van der Waals surface area contributed by atoms with Gasteiger partial charge in [0.2, 0.25) is 6.10 Å². The molecule has 0 spiro atoms. The number of carbonyl (C=O) groups is 4. The van der Waals surface area contributed by atoms with E-state index in [1.165, 1.54) is 0 Å². The molecule has 1 aromatic carbocycles. The number of carbonyl (C=O) groups excluding carboxylic acids is 4. The molecule has 1 aromatic rings. The van der Waals surface area contributed by atoms with Crippen molar-refractivity contribution >= 4 is 23.9 Å². The lowest BCUT2D eigenvalue weighted by Crippen LogP contribution is -2.37. The molecule has 6 unspecified atom stereocenters. The first-order valence-corrected chi connectivity index (χ1v) is 11.4. The Bertz CT molecular complexity index is 1000. The van der Waals surface area contributed by atoms with E-state index in [-0.39, 0.29) is 6.61 Å². The van der Waals surface area contributed by atoms with Crippen LogP contribution in [0.2, 0.25) is 0 Å². The zero-order valence-electron chi connectivity index (χ0n) is 19.9. The van der Waals surface area contributed by atoms with E-state index in [4.69, 9.17) is 33.2 Å². The minimum Gasteiger partial charge on any atom is -0.462 e. The second kappa shape index (κ2) is 9.92. The van der Waals surface area contributed by atoms with Crippen molar-refractivity contribution in [2.45, 2.75) is 71.1 Å². The third kappa shape index (κ3) is 5.02. The number of esters is 4. The summed E-state index contributed by atoms with van der Waals surface area (Å²) in [4.78, 5) is 48.6. The van der Waals surface area contributed by atoms with Gasteiger partial charge in [-0.25, -0.2) is 14.4 Å². The topological polar surface area (TPSA) is 133 Å². The Morgan fingerprint density at radius 2 is 1.77 bits per heavy atom. The van der Waals surface area contributed by atoms with Crippen LogP contribution in [0.5, 0.6) is 0 Å². The molecular weight excluding hydrogens is 464 g/mol. The van der Waals surface area contributed by atoms with E-state index in [0.29, 0.717) is 17.5 Å². The van der Waals surface area contributed by atoms with Gasteiger partial charge in [-0.05, 0) is 39.3 Å². The highest BCUT2D eigenvalue weighted by Gasteiger charge is 2.63. The minimum atomic E-state index is -1.34. The minimum absolute atomic E-state index is 0.247. The highest BCUT2D eigenvalue weighted by molar-refractivity contribution is 5.89. The molecule has 4 rings (SSSR count). The molecule has 3 fully saturated rings. The Hall–Kier alpha value is -3.02. The van der Waals surface area contributed by atoms with Gasteiger partial charge >= 0.3 is 23.9 Å². The second-order valence-electron chi connectivity index (χ2n) is 9.01. The summed E-state index contributed by atoms with van der Waals surface area (Å²) in [5.41, 5.74) is 0.161. The molecule has 0 aromatic heterocycles. The number of rotatable bonds is 8. The van der Waals surface area contributed by atoms with E-state index in [9.17, 15) is 19.2 Å². The Morgan fingerprint density at radius 1 is 1.00 bits per heavy atom. The summed E-state index contributed by atoms with van der Waals surface area (Å²) >= 11 is 0. The Labute approximate surface area is 201 Å². The number of hydrogen-bond donors (Lipinski definition) is 0. The quantitative estimate of drug-likeness (QED) is 0.389. The van der Waals surface area contributed by atoms with Crippen molar-refractivity contribution in [2.24, 2.45) is 5.41 Å². The maximum absolute atomic E-state index is 12.4. The van der Waals surface area contributed by atoms with Gasteiger partial charge in [0.15, 0.2) is 31.4 Å². The van der Waals surface area contributed by atoms with E-state index in [1.807, 2.05) is 6.92 Å². The lowest BCUT2D eigenvalue weighted by atomic mass is 9.91. The average Bonchev–Trinajstić information content (AvgIpc) is 3.48. The molecule has 0 radical (unpaired) electrons. The maximum atomic E-state index is 12.4. The molecule has 3 aliphatic heterocycles. The summed E-state index contributed by atoms with van der Waals surface area (Å²) in [5.74, 6) is -2.70. The van der Waals surface area contributed by atoms with E-state index >= 15 is 0 Å². The van der Waals surface area contributed by atoms with Gasteiger partial charge in [-0.15, -0.1) is 0 Å². The van der Waals surface area contributed by atoms with Crippen molar-refractivity contribution in [1.29, 1.82) is 0 Å². The van der Waals surface area contributed by atoms with E-state index in [1.54, 1.807) is 45.0 Å². The van der Waals surface area contributed by atoms with Gasteiger partial charge in [0.1, 0.15) is 6.10 Å². The monoisotopic (exact) mass is 492 g/mol. The van der Waals surface area contributed by atoms with Gasteiger partial charge in [0.05, 0.1) is 17.6 Å². The van der Waals surface area contributed by atoms with E-state index in [0.717, 1.165) is 0 Å². The van der Waals surface area contributed by atoms with Crippen molar-refractivity contribution < 1.29 is 52.3 Å². The molecule has 0 bridgehead atoms. The van der Waals surface area contributed by atoms with Gasteiger partial charge in [-0.1, -0.05) is 19.1 Å². The van der Waals surface area contributed by atoms with Crippen LogP contribution in [-0.4, -0.2) is 67.8 Å². The smallest absolute Gasteiger partial charge is 0.350 e. The summed E-state index contributed by atoms with van der Waals surface area (Å²) in [5, 5.41) is 0. The lowest BCUT2D eigenvalue weighted by molar-refractivity contribution is -0.187. The first-order chi connectivity index (χ1) is 16.6. The molecule has 6 atom stereocenters. The van der Waals surface area contributed by atoms with Crippen LogP contribution in [0, 0.1) is 5.41 Å². The average molecular weight is 492 g/mol. The molecule has 11 heteroatoms. The van der Waals surface area contributed by atoms with Crippen LogP contribution in [0.15, 0.2) is 24.3 Å². The molecule has 0 N–H and O–H groups in total. The van der Waals surface area contributed by atoms with Crippen molar-refractivity contribution in [3.8, 4) is 0 Å². The fraction of sp³-hybridized carbons (Fsp3) is 0.583. The lowest BCUT2D eigenvalue weighted by Gasteiger charge is -2.21. The molecule has 0 aliphatic carbocycles. The van der Waals surface area contributed by atoms with Crippen LogP contribution >= 0.6 is 0 Å². The predicted octanol–water partition coefficient (Wildman–Crippen LogP) is 1.82. The van der Waals surface area contributed by atoms with Crippen LogP contribution in [0.4, 0.5) is 0 Å². The third-order valence-electron chi connectivity index (χ3n) is 6.21. The zero-order chi connectivity index (χ0) is 25.3. The molecular formula is C24H28O11. The third-order valence-corrected chi connectivity index (χ3v) is 6.21. The fourth-order valence-corrected chi connectivity index (χ4v) is 3.85. The summed E-state index contributed by atoms with van der Waals surface area (Å²) in [6.45, 7) is 6.55. The predicted molar refractivity (Wildman–Crippen MR) is 115 cm³/mol. The normalized spacial score (nSPS) is 29.2. The molecule has 11 nitrogen and oxygen atoms in total. The first kappa shape index (κ1) is 25.1. The van der Waals surface area contributed by atoms with Crippen LogP contribution in [-0.2, 0) is 47.5 Å². The van der Waals surface area contributed by atoms with Gasteiger partial charge in [0.25, 0.3) is 0 Å². The maximum Gasteiger partial charge on any atom is 0.350 e. The van der Waals surface area contributed by atoms with Gasteiger partial charge < -0.3 is 33.2 Å². The van der Waals surface area contributed by atoms with Crippen LogP contribution < -0.4 is 0 Å². The SMILES string of the molecule is CCOC(=O)c1cccc(C2OC3OC4C(OC(=O)COC(=O)C(C)(C)CC)C(=O)OC4C3O2)c1. The Balaban J connectivity index is 1.35. The molecule has 0 amide bonds. The van der Waals surface area contributed by atoms with Crippen molar-refractivity contribution in [2.75, 3.05) is 13.2 Å². The van der Waals surface area contributed by atoms with Crippen molar-refractivity contribution in [3.05, 3.63) is 35.4 Å². The van der Waals surface area contributed by atoms with Crippen LogP contribution in [0.3, 0.4) is 0 Å². The number of ether oxygens (including phenoxy) is 7. The molecule has 0 saturated carbocycles. The van der Waals surface area contributed by atoms with Crippen LogP contribution in [0.25, 0.3) is 0 Å².